The smallest absolute Gasteiger partial charge is 0.281 e. The number of fused-ring (bicyclic) bond motifs is 1. The molecule has 2 atom stereocenters. The molecule has 1 N–H and O–H groups in total. The van der Waals surface area contributed by atoms with E-state index in [1.807, 2.05) is 0 Å². The summed E-state index contributed by atoms with van der Waals surface area (Å²) in [5.41, 5.74) is 0. The summed E-state index contributed by atoms with van der Waals surface area (Å²) >= 11 is 0. The Labute approximate surface area is 142 Å². The minimum absolute atomic E-state index is 0.610. The monoisotopic (exact) mass is 343 g/mol. The van der Waals surface area contributed by atoms with Gasteiger partial charge in [-0.15, -0.1) is 0 Å². The van der Waals surface area contributed by atoms with Crippen LogP contribution in [0.1, 0.15) is 51.9 Å². The largest absolute Gasteiger partial charge is 0.317 e. The van der Waals surface area contributed by atoms with Crippen molar-refractivity contribution in [2.24, 2.45) is 17.8 Å². The van der Waals surface area contributed by atoms with Crippen molar-refractivity contribution in [3.63, 3.8) is 0 Å². The molecule has 2 heterocycles. The SMILES string of the molecule is CCNCC1CCN(S(=O)(=O)N2CCC3CCCCC3C2)CC1. The lowest BCUT2D eigenvalue weighted by Crippen LogP contribution is -2.52. The fourth-order valence-electron chi connectivity index (χ4n) is 4.63. The quantitative estimate of drug-likeness (QED) is 0.831. The summed E-state index contributed by atoms with van der Waals surface area (Å²) < 4.78 is 29.5. The predicted molar refractivity (Wildman–Crippen MR) is 93.4 cm³/mol. The van der Waals surface area contributed by atoms with E-state index in [4.69, 9.17) is 0 Å². The Balaban J connectivity index is 1.55. The maximum absolute atomic E-state index is 13.0. The predicted octanol–water partition coefficient (Wildman–Crippen LogP) is 2.06. The third-order valence-corrected chi connectivity index (χ3v) is 8.16. The maximum atomic E-state index is 13.0. The highest BCUT2D eigenvalue weighted by Crippen LogP contribution is 2.37. The number of hydrogen-bond donors (Lipinski definition) is 1. The first-order valence-electron chi connectivity index (χ1n) is 9.57. The molecule has 134 valence electrons. The Morgan fingerprint density at radius 1 is 0.913 bits per heavy atom. The Hall–Kier alpha value is -0.170. The second-order valence-electron chi connectivity index (χ2n) is 7.61. The molecule has 6 heteroatoms. The van der Waals surface area contributed by atoms with E-state index in [9.17, 15) is 8.42 Å². The third kappa shape index (κ3) is 4.09. The fraction of sp³-hybridized carbons (Fsp3) is 1.00. The van der Waals surface area contributed by atoms with Gasteiger partial charge in [-0.25, -0.2) is 0 Å². The van der Waals surface area contributed by atoms with Gasteiger partial charge in [0.2, 0.25) is 0 Å². The molecule has 0 bridgehead atoms. The minimum Gasteiger partial charge on any atom is -0.317 e. The summed E-state index contributed by atoms with van der Waals surface area (Å²) in [5, 5.41) is 3.39. The van der Waals surface area contributed by atoms with E-state index in [0.717, 1.165) is 51.4 Å². The van der Waals surface area contributed by atoms with Crippen LogP contribution in [0.25, 0.3) is 0 Å². The second kappa shape index (κ2) is 7.81. The van der Waals surface area contributed by atoms with Crippen LogP contribution < -0.4 is 5.32 Å². The topological polar surface area (TPSA) is 52.7 Å². The zero-order chi connectivity index (χ0) is 16.3. The van der Waals surface area contributed by atoms with Crippen LogP contribution in [0.2, 0.25) is 0 Å². The van der Waals surface area contributed by atoms with E-state index in [0.29, 0.717) is 24.9 Å². The molecular formula is C17H33N3O2S. The highest BCUT2D eigenvalue weighted by molar-refractivity contribution is 7.86. The molecular weight excluding hydrogens is 310 g/mol. The van der Waals surface area contributed by atoms with Gasteiger partial charge in [-0.1, -0.05) is 26.2 Å². The molecule has 0 spiro atoms. The second-order valence-corrected chi connectivity index (χ2v) is 9.54. The summed E-state index contributed by atoms with van der Waals surface area (Å²) in [5.74, 6) is 2.02. The van der Waals surface area contributed by atoms with Gasteiger partial charge in [0.15, 0.2) is 0 Å². The molecule has 3 aliphatic rings. The zero-order valence-corrected chi connectivity index (χ0v) is 15.4. The van der Waals surface area contributed by atoms with Gasteiger partial charge in [-0.3, -0.25) is 0 Å². The first kappa shape index (κ1) is 17.6. The van der Waals surface area contributed by atoms with Crippen LogP contribution in [0.4, 0.5) is 0 Å². The van der Waals surface area contributed by atoms with Crippen molar-refractivity contribution in [3.05, 3.63) is 0 Å². The molecule has 0 amide bonds. The maximum Gasteiger partial charge on any atom is 0.281 e. The van der Waals surface area contributed by atoms with E-state index in [2.05, 4.69) is 12.2 Å². The van der Waals surface area contributed by atoms with Crippen LogP contribution in [0.3, 0.4) is 0 Å². The van der Waals surface area contributed by atoms with Crippen LogP contribution in [0.5, 0.6) is 0 Å². The molecule has 1 aliphatic carbocycles. The van der Waals surface area contributed by atoms with Crippen molar-refractivity contribution in [1.29, 1.82) is 0 Å². The Morgan fingerprint density at radius 3 is 2.26 bits per heavy atom. The highest BCUT2D eigenvalue weighted by atomic mass is 32.2. The van der Waals surface area contributed by atoms with Gasteiger partial charge in [-0.2, -0.15) is 17.0 Å². The van der Waals surface area contributed by atoms with Gasteiger partial charge in [0.1, 0.15) is 0 Å². The molecule has 23 heavy (non-hydrogen) atoms. The van der Waals surface area contributed by atoms with Crippen molar-refractivity contribution in [3.8, 4) is 0 Å². The van der Waals surface area contributed by atoms with Gasteiger partial charge in [-0.05, 0) is 56.5 Å². The highest BCUT2D eigenvalue weighted by Gasteiger charge is 2.39. The van der Waals surface area contributed by atoms with Gasteiger partial charge in [0.05, 0.1) is 0 Å². The Morgan fingerprint density at radius 2 is 1.57 bits per heavy atom. The number of rotatable bonds is 5. The summed E-state index contributed by atoms with van der Waals surface area (Å²) in [4.78, 5) is 0. The lowest BCUT2D eigenvalue weighted by molar-refractivity contribution is 0.129. The average Bonchev–Trinajstić information content (AvgIpc) is 2.60. The molecule has 0 aromatic carbocycles. The lowest BCUT2D eigenvalue weighted by atomic mass is 9.76. The summed E-state index contributed by atoms with van der Waals surface area (Å²) in [6, 6.07) is 0. The summed E-state index contributed by atoms with van der Waals surface area (Å²) in [7, 11) is -3.23. The molecule has 1 saturated carbocycles. The first-order chi connectivity index (χ1) is 11.1. The van der Waals surface area contributed by atoms with Crippen LogP contribution in [0, 0.1) is 17.8 Å². The summed E-state index contributed by atoms with van der Waals surface area (Å²) in [6.07, 6.45) is 8.22. The van der Waals surface area contributed by atoms with Gasteiger partial charge in [0.25, 0.3) is 10.2 Å². The number of piperidine rings is 2. The Bertz CT molecular complexity index is 474. The molecule has 0 radical (unpaired) electrons. The zero-order valence-electron chi connectivity index (χ0n) is 14.5. The van der Waals surface area contributed by atoms with Crippen LogP contribution >= 0.6 is 0 Å². The molecule has 0 aromatic rings. The van der Waals surface area contributed by atoms with Gasteiger partial charge < -0.3 is 5.32 Å². The van der Waals surface area contributed by atoms with E-state index in [1.165, 1.54) is 25.7 Å². The molecule has 3 rings (SSSR count). The number of nitrogens with one attached hydrogen (secondary N) is 1. The van der Waals surface area contributed by atoms with Crippen molar-refractivity contribution >= 4 is 10.2 Å². The van der Waals surface area contributed by atoms with Crippen LogP contribution in [0.15, 0.2) is 0 Å². The van der Waals surface area contributed by atoms with Crippen LogP contribution in [-0.4, -0.2) is 56.3 Å². The Kier molecular flexibility index (Phi) is 5.99. The van der Waals surface area contributed by atoms with Crippen LogP contribution in [-0.2, 0) is 10.2 Å². The number of nitrogens with zero attached hydrogens (tertiary/aromatic N) is 2. The minimum atomic E-state index is -3.23. The van der Waals surface area contributed by atoms with Crippen molar-refractivity contribution < 1.29 is 8.42 Å². The molecule has 5 nitrogen and oxygen atoms in total. The molecule has 3 fully saturated rings. The number of hydrogen-bond acceptors (Lipinski definition) is 3. The normalized spacial score (nSPS) is 31.9. The van der Waals surface area contributed by atoms with Crippen molar-refractivity contribution in [1.82, 2.24) is 13.9 Å². The summed E-state index contributed by atoms with van der Waals surface area (Å²) in [6.45, 7) is 7.04. The van der Waals surface area contributed by atoms with E-state index < -0.39 is 10.2 Å². The van der Waals surface area contributed by atoms with Crippen molar-refractivity contribution in [2.45, 2.75) is 51.9 Å². The molecule has 2 unspecified atom stereocenters. The van der Waals surface area contributed by atoms with E-state index in [1.54, 1.807) is 8.61 Å². The van der Waals surface area contributed by atoms with E-state index in [-0.39, 0.29) is 0 Å². The lowest BCUT2D eigenvalue weighted by Gasteiger charge is -2.43. The molecule has 2 aliphatic heterocycles. The fourth-order valence-corrected chi connectivity index (χ4v) is 6.35. The van der Waals surface area contributed by atoms with E-state index >= 15 is 0 Å². The standard InChI is InChI=1S/C17H33N3O2S/c1-2-18-13-15-7-10-19(11-8-15)23(21,22)20-12-9-16-5-3-4-6-17(16)14-20/h15-18H,2-14H2,1H3. The van der Waals surface area contributed by atoms with Crippen molar-refractivity contribution in [2.75, 3.05) is 39.3 Å². The first-order valence-corrected chi connectivity index (χ1v) is 11.0. The average molecular weight is 344 g/mol. The molecule has 2 saturated heterocycles. The third-order valence-electron chi connectivity index (χ3n) is 6.16. The van der Waals surface area contributed by atoms with Gasteiger partial charge in [0, 0.05) is 26.2 Å². The molecule has 0 aromatic heterocycles. The van der Waals surface area contributed by atoms with Gasteiger partial charge >= 0.3 is 0 Å².